The van der Waals surface area contributed by atoms with Crippen LogP contribution in [0.2, 0.25) is 5.02 Å². The summed E-state index contributed by atoms with van der Waals surface area (Å²) in [7, 11) is -3.78. The Morgan fingerprint density at radius 3 is 2.35 bits per heavy atom. The van der Waals surface area contributed by atoms with Gasteiger partial charge in [0.2, 0.25) is 21.8 Å². The molecule has 1 N–H and O–H groups in total. The molecule has 2 aromatic carbocycles. The third-order valence-electron chi connectivity index (χ3n) is 6.06. The molecule has 1 atom stereocenters. The lowest BCUT2D eigenvalue weighted by molar-refractivity contribution is -0.140. The second-order valence-corrected chi connectivity index (χ2v) is 11.0. The van der Waals surface area contributed by atoms with Crippen LogP contribution in [0.3, 0.4) is 0 Å². The van der Waals surface area contributed by atoms with Gasteiger partial charge in [-0.15, -0.1) is 0 Å². The summed E-state index contributed by atoms with van der Waals surface area (Å²) < 4.78 is 26.2. The second kappa shape index (κ2) is 11.7. The predicted molar refractivity (Wildman–Crippen MR) is 135 cm³/mol. The van der Waals surface area contributed by atoms with Gasteiger partial charge in [-0.2, -0.15) is 0 Å². The maximum Gasteiger partial charge on any atom is 0.244 e. The minimum absolute atomic E-state index is 0.120. The number of carbonyl (C=O) groups excluding carboxylic acids is 2. The number of nitrogens with zero attached hydrogens (tertiary/aromatic N) is 2. The Kier molecular flexibility index (Phi) is 8.97. The van der Waals surface area contributed by atoms with Crippen LogP contribution in [0.25, 0.3) is 0 Å². The lowest BCUT2D eigenvalue weighted by Crippen LogP contribution is -2.53. The van der Waals surface area contributed by atoms with Crippen molar-refractivity contribution >= 4 is 39.1 Å². The van der Waals surface area contributed by atoms with Crippen molar-refractivity contribution in [2.75, 3.05) is 17.1 Å². The quantitative estimate of drug-likeness (QED) is 0.529. The molecular weight excluding hydrogens is 474 g/mol. The summed E-state index contributed by atoms with van der Waals surface area (Å²) in [6.07, 6.45) is 5.49. The van der Waals surface area contributed by atoms with Gasteiger partial charge in [0, 0.05) is 17.6 Å². The molecule has 0 heterocycles. The number of sulfonamides is 1. The monoisotopic (exact) mass is 505 g/mol. The molecular formula is C25H32ClN3O4S. The van der Waals surface area contributed by atoms with Crippen LogP contribution >= 0.6 is 11.6 Å². The van der Waals surface area contributed by atoms with Gasteiger partial charge in [-0.05, 0) is 43.0 Å². The molecule has 0 spiro atoms. The van der Waals surface area contributed by atoms with Gasteiger partial charge in [0.25, 0.3) is 0 Å². The van der Waals surface area contributed by atoms with Gasteiger partial charge in [0.1, 0.15) is 12.6 Å². The maximum atomic E-state index is 13.6. The largest absolute Gasteiger partial charge is 0.352 e. The summed E-state index contributed by atoms with van der Waals surface area (Å²) in [5.74, 6) is -0.657. The molecule has 0 radical (unpaired) electrons. The molecule has 9 heteroatoms. The Balaban J connectivity index is 1.90. The van der Waals surface area contributed by atoms with Crippen molar-refractivity contribution in [3.8, 4) is 0 Å². The van der Waals surface area contributed by atoms with Gasteiger partial charge in [0.15, 0.2) is 0 Å². The number of benzene rings is 2. The van der Waals surface area contributed by atoms with Crippen LogP contribution in [0.15, 0.2) is 54.6 Å². The van der Waals surface area contributed by atoms with Gasteiger partial charge in [0.05, 0.1) is 11.9 Å². The highest BCUT2D eigenvalue weighted by Crippen LogP contribution is 2.23. The van der Waals surface area contributed by atoms with E-state index in [0.717, 1.165) is 41.8 Å². The molecule has 1 aliphatic rings. The Morgan fingerprint density at radius 1 is 1.09 bits per heavy atom. The van der Waals surface area contributed by atoms with E-state index in [-0.39, 0.29) is 18.5 Å². The SMILES string of the molecule is CC[C@H](C(=O)NC1CCCC1)N(Cc1ccccc1)C(=O)CN(c1cccc(Cl)c1)S(C)(=O)=O. The lowest BCUT2D eigenvalue weighted by Gasteiger charge is -2.33. The van der Waals surface area contributed by atoms with Crippen LogP contribution in [0, 0.1) is 0 Å². The first kappa shape index (κ1) is 26.0. The van der Waals surface area contributed by atoms with E-state index in [4.69, 9.17) is 11.6 Å². The molecule has 7 nitrogen and oxygen atoms in total. The summed E-state index contributed by atoms with van der Waals surface area (Å²) in [5, 5.41) is 3.45. The first-order chi connectivity index (χ1) is 16.2. The fourth-order valence-corrected chi connectivity index (χ4v) is 5.34. The average molecular weight is 506 g/mol. The standard InChI is InChI=1S/C25H32ClN3O4S/c1-3-23(25(31)27-21-13-7-8-14-21)28(17-19-10-5-4-6-11-19)24(30)18-29(34(2,32)33)22-15-9-12-20(26)16-22/h4-6,9-12,15-16,21,23H,3,7-8,13-14,17-18H2,1-2H3,(H,27,31)/t23-/m1/s1. The van der Waals surface area contributed by atoms with Gasteiger partial charge in [-0.25, -0.2) is 8.42 Å². The zero-order chi connectivity index (χ0) is 24.7. The van der Waals surface area contributed by atoms with Crippen LogP contribution in [0.4, 0.5) is 5.69 Å². The molecule has 184 valence electrons. The Bertz CT molecular complexity index is 1090. The van der Waals surface area contributed by atoms with Crippen molar-refractivity contribution in [1.82, 2.24) is 10.2 Å². The molecule has 34 heavy (non-hydrogen) atoms. The van der Waals surface area contributed by atoms with E-state index >= 15 is 0 Å². The van der Waals surface area contributed by atoms with E-state index < -0.39 is 28.5 Å². The van der Waals surface area contributed by atoms with Gasteiger partial charge >= 0.3 is 0 Å². The number of rotatable bonds is 10. The van der Waals surface area contributed by atoms with Crippen LogP contribution in [0.1, 0.15) is 44.6 Å². The zero-order valence-electron chi connectivity index (χ0n) is 19.6. The zero-order valence-corrected chi connectivity index (χ0v) is 21.2. The number of anilines is 1. The highest BCUT2D eigenvalue weighted by Gasteiger charge is 2.33. The van der Waals surface area contributed by atoms with Crippen LogP contribution in [-0.2, 0) is 26.2 Å². The van der Waals surface area contributed by atoms with E-state index in [1.807, 2.05) is 37.3 Å². The number of nitrogens with one attached hydrogen (secondary N) is 1. The van der Waals surface area contributed by atoms with Gasteiger partial charge < -0.3 is 10.2 Å². The Labute approximate surface area is 207 Å². The summed E-state index contributed by atoms with van der Waals surface area (Å²) in [6, 6.07) is 15.1. The molecule has 1 fully saturated rings. The molecule has 1 saturated carbocycles. The fraction of sp³-hybridized carbons (Fsp3) is 0.440. The topological polar surface area (TPSA) is 86.8 Å². The summed E-state index contributed by atoms with van der Waals surface area (Å²) >= 11 is 6.07. The van der Waals surface area contributed by atoms with Crippen molar-refractivity contribution in [2.45, 2.75) is 57.7 Å². The van der Waals surface area contributed by atoms with Crippen molar-refractivity contribution in [2.24, 2.45) is 0 Å². The molecule has 0 bridgehead atoms. The minimum atomic E-state index is -3.78. The molecule has 0 saturated heterocycles. The highest BCUT2D eigenvalue weighted by atomic mass is 35.5. The summed E-state index contributed by atoms with van der Waals surface area (Å²) in [5.41, 5.74) is 1.16. The molecule has 2 aromatic rings. The van der Waals surface area contributed by atoms with E-state index in [1.165, 1.54) is 11.0 Å². The summed E-state index contributed by atoms with van der Waals surface area (Å²) in [6.45, 7) is 1.62. The first-order valence-corrected chi connectivity index (χ1v) is 13.8. The number of hydrogen-bond acceptors (Lipinski definition) is 4. The smallest absolute Gasteiger partial charge is 0.244 e. The molecule has 0 aliphatic heterocycles. The van der Waals surface area contributed by atoms with Gasteiger partial charge in [-0.3, -0.25) is 13.9 Å². The van der Waals surface area contributed by atoms with Crippen LogP contribution in [0.5, 0.6) is 0 Å². The average Bonchev–Trinajstić information content (AvgIpc) is 3.30. The van der Waals surface area contributed by atoms with Crippen molar-refractivity contribution in [3.63, 3.8) is 0 Å². The van der Waals surface area contributed by atoms with Crippen LogP contribution < -0.4 is 9.62 Å². The fourth-order valence-electron chi connectivity index (χ4n) is 4.31. The lowest BCUT2D eigenvalue weighted by atomic mass is 10.1. The Hall–Kier alpha value is -2.58. The predicted octanol–water partition coefficient (Wildman–Crippen LogP) is 3.97. The number of amides is 2. The van der Waals surface area contributed by atoms with E-state index in [2.05, 4.69) is 5.32 Å². The number of halogens is 1. The van der Waals surface area contributed by atoms with Gasteiger partial charge in [-0.1, -0.05) is 67.8 Å². The third kappa shape index (κ3) is 6.96. The summed E-state index contributed by atoms with van der Waals surface area (Å²) in [4.78, 5) is 28.3. The van der Waals surface area contributed by atoms with Crippen molar-refractivity contribution < 1.29 is 18.0 Å². The van der Waals surface area contributed by atoms with E-state index in [9.17, 15) is 18.0 Å². The third-order valence-corrected chi connectivity index (χ3v) is 7.43. The molecule has 0 aromatic heterocycles. The minimum Gasteiger partial charge on any atom is -0.352 e. The van der Waals surface area contributed by atoms with Crippen molar-refractivity contribution in [1.29, 1.82) is 0 Å². The number of carbonyl (C=O) groups is 2. The maximum absolute atomic E-state index is 13.6. The van der Waals surface area contributed by atoms with Crippen molar-refractivity contribution in [3.05, 3.63) is 65.2 Å². The molecule has 1 aliphatic carbocycles. The first-order valence-electron chi connectivity index (χ1n) is 11.6. The normalized spacial score (nSPS) is 15.0. The van der Waals surface area contributed by atoms with E-state index in [1.54, 1.807) is 18.2 Å². The van der Waals surface area contributed by atoms with Crippen LogP contribution in [-0.4, -0.2) is 50.0 Å². The second-order valence-electron chi connectivity index (χ2n) is 8.67. The molecule has 0 unspecified atom stereocenters. The number of hydrogen-bond donors (Lipinski definition) is 1. The van der Waals surface area contributed by atoms with E-state index in [0.29, 0.717) is 17.1 Å². The molecule has 3 rings (SSSR count). The Morgan fingerprint density at radius 2 is 1.76 bits per heavy atom. The molecule has 2 amide bonds. The highest BCUT2D eigenvalue weighted by molar-refractivity contribution is 7.92.